The van der Waals surface area contributed by atoms with E-state index in [-0.39, 0.29) is 0 Å². The van der Waals surface area contributed by atoms with Crippen LogP contribution in [0.5, 0.6) is 0 Å². The fourth-order valence-corrected chi connectivity index (χ4v) is 5.15. The van der Waals surface area contributed by atoms with Gasteiger partial charge in [-0.3, -0.25) is 0 Å². The van der Waals surface area contributed by atoms with Crippen molar-refractivity contribution < 1.29 is 4.39 Å². The molecule has 0 aromatic rings. The lowest BCUT2D eigenvalue weighted by Crippen LogP contribution is -2.52. The van der Waals surface area contributed by atoms with Gasteiger partial charge in [-0.1, -0.05) is 15.9 Å². The Morgan fingerprint density at radius 2 is 1.67 bits per heavy atom. The fraction of sp³-hybridized carbons (Fsp3) is 1.00. The van der Waals surface area contributed by atoms with Crippen LogP contribution in [0.25, 0.3) is 0 Å². The van der Waals surface area contributed by atoms with E-state index in [0.717, 1.165) is 18.8 Å². The van der Waals surface area contributed by atoms with Crippen LogP contribution in [0.3, 0.4) is 0 Å². The molecule has 0 spiro atoms. The van der Waals surface area contributed by atoms with Crippen molar-refractivity contribution in [2.75, 3.05) is 0 Å². The highest BCUT2D eigenvalue weighted by molar-refractivity contribution is 9.10. The Kier molecular flexibility index (Phi) is 1.46. The summed E-state index contributed by atoms with van der Waals surface area (Å²) < 4.78 is 14.0. The molecule has 0 aliphatic heterocycles. The van der Waals surface area contributed by atoms with Crippen molar-refractivity contribution in [3.05, 3.63) is 0 Å². The van der Waals surface area contributed by atoms with Crippen LogP contribution in [0, 0.1) is 17.8 Å². The number of halogens is 2. The third-order valence-corrected chi connectivity index (χ3v) is 5.05. The minimum atomic E-state index is -0.466. The quantitative estimate of drug-likeness (QED) is 0.563. The molecule has 68 valence electrons. The van der Waals surface area contributed by atoms with E-state index in [1.165, 1.54) is 19.3 Å². The molecule has 4 aliphatic carbocycles. The van der Waals surface area contributed by atoms with Gasteiger partial charge in [-0.25, -0.2) is 4.39 Å². The fourth-order valence-electron chi connectivity index (χ4n) is 3.86. The van der Waals surface area contributed by atoms with Gasteiger partial charge >= 0.3 is 0 Å². The van der Waals surface area contributed by atoms with Crippen molar-refractivity contribution in [1.82, 2.24) is 0 Å². The molecular formula is C10H14BrF. The molecule has 4 rings (SSSR count). The predicted octanol–water partition coefficient (Wildman–Crippen LogP) is 3.30. The first kappa shape index (κ1) is 7.78. The van der Waals surface area contributed by atoms with Crippen LogP contribution in [-0.2, 0) is 0 Å². The third kappa shape index (κ3) is 0.934. The van der Waals surface area contributed by atoms with Crippen LogP contribution in [0.15, 0.2) is 0 Å². The molecule has 0 saturated heterocycles. The normalized spacial score (nSPS) is 62.5. The van der Waals surface area contributed by atoms with Crippen LogP contribution in [0.4, 0.5) is 4.39 Å². The number of rotatable bonds is 0. The second kappa shape index (κ2) is 2.26. The zero-order chi connectivity index (χ0) is 8.34. The molecule has 4 saturated carbocycles. The Bertz CT molecular complexity index is 200. The molecule has 0 nitrogen and oxygen atoms in total. The summed E-state index contributed by atoms with van der Waals surface area (Å²) in [6.45, 7) is 0. The summed E-state index contributed by atoms with van der Waals surface area (Å²) in [6, 6.07) is 0. The smallest absolute Gasteiger partial charge is 0.106 e. The summed E-state index contributed by atoms with van der Waals surface area (Å²) in [4.78, 5) is 0. The summed E-state index contributed by atoms with van der Waals surface area (Å²) in [6.07, 6.45) is 5.39. The van der Waals surface area contributed by atoms with E-state index in [0.29, 0.717) is 16.2 Å². The summed E-state index contributed by atoms with van der Waals surface area (Å²) in [5, 5.41) is 0. The topological polar surface area (TPSA) is 0 Å². The van der Waals surface area contributed by atoms with Gasteiger partial charge in [0.1, 0.15) is 6.17 Å². The molecule has 3 unspecified atom stereocenters. The Labute approximate surface area is 81.0 Å². The summed E-state index contributed by atoms with van der Waals surface area (Å²) in [5.41, 5.74) is 0. The SMILES string of the molecule is FC1[C@@H]2CC3C[C@H]1CC(Br)(C3)C2. The first-order valence-electron chi connectivity index (χ1n) is 4.99. The standard InChI is InChI=1S/C10H14BrF/c11-10-3-6-1-7(4-10)9(12)8(2-6)5-10/h6-9H,1-5H2/t6?,7-,8+,9?,10?. The van der Waals surface area contributed by atoms with Gasteiger partial charge in [-0.2, -0.15) is 0 Å². The first-order valence-corrected chi connectivity index (χ1v) is 5.79. The minimum absolute atomic E-state index is 0.353. The molecule has 0 N–H and O–H groups in total. The number of hydrogen-bond acceptors (Lipinski definition) is 0. The number of hydrogen-bond donors (Lipinski definition) is 0. The highest BCUT2D eigenvalue weighted by Gasteiger charge is 2.54. The largest absolute Gasteiger partial charge is 0.247 e. The van der Waals surface area contributed by atoms with E-state index in [1.54, 1.807) is 0 Å². The van der Waals surface area contributed by atoms with Crippen molar-refractivity contribution in [3.63, 3.8) is 0 Å². The number of alkyl halides is 2. The first-order chi connectivity index (χ1) is 5.66. The molecule has 4 bridgehead atoms. The summed E-state index contributed by atoms with van der Waals surface area (Å²) in [5.74, 6) is 1.64. The highest BCUT2D eigenvalue weighted by Crippen LogP contribution is 2.59. The zero-order valence-electron chi connectivity index (χ0n) is 7.10. The van der Waals surface area contributed by atoms with Gasteiger partial charge in [-0.15, -0.1) is 0 Å². The van der Waals surface area contributed by atoms with Crippen LogP contribution < -0.4 is 0 Å². The Morgan fingerprint density at radius 3 is 2.17 bits per heavy atom. The van der Waals surface area contributed by atoms with Gasteiger partial charge in [0.05, 0.1) is 0 Å². The van der Waals surface area contributed by atoms with Crippen LogP contribution in [0.1, 0.15) is 32.1 Å². The maximum absolute atomic E-state index is 13.6. The van der Waals surface area contributed by atoms with E-state index < -0.39 is 6.17 Å². The lowest BCUT2D eigenvalue weighted by Gasteiger charge is -2.55. The molecular weight excluding hydrogens is 219 g/mol. The van der Waals surface area contributed by atoms with E-state index in [9.17, 15) is 4.39 Å². The van der Waals surface area contributed by atoms with Gasteiger partial charge in [0.15, 0.2) is 0 Å². The minimum Gasteiger partial charge on any atom is -0.247 e. The summed E-state index contributed by atoms with van der Waals surface area (Å²) in [7, 11) is 0. The molecule has 5 atom stereocenters. The molecule has 12 heavy (non-hydrogen) atoms. The second-order valence-corrected chi connectivity index (χ2v) is 6.75. The average Bonchev–Trinajstić information content (AvgIpc) is 1.96. The van der Waals surface area contributed by atoms with Crippen molar-refractivity contribution in [3.8, 4) is 0 Å². The van der Waals surface area contributed by atoms with Crippen LogP contribution in [-0.4, -0.2) is 10.5 Å². The van der Waals surface area contributed by atoms with Crippen molar-refractivity contribution in [2.45, 2.75) is 42.6 Å². The molecule has 0 radical (unpaired) electrons. The molecule has 4 aliphatic rings. The molecule has 2 heteroatoms. The van der Waals surface area contributed by atoms with E-state index in [4.69, 9.17) is 0 Å². The highest BCUT2D eigenvalue weighted by atomic mass is 79.9. The van der Waals surface area contributed by atoms with Crippen molar-refractivity contribution >= 4 is 15.9 Å². The molecule has 0 amide bonds. The van der Waals surface area contributed by atoms with Crippen LogP contribution >= 0.6 is 15.9 Å². The third-order valence-electron chi connectivity index (χ3n) is 4.08. The Morgan fingerprint density at radius 1 is 1.08 bits per heavy atom. The average molecular weight is 233 g/mol. The summed E-state index contributed by atoms with van der Waals surface area (Å²) >= 11 is 3.82. The lowest BCUT2D eigenvalue weighted by atomic mass is 9.55. The molecule has 0 heterocycles. The maximum atomic E-state index is 13.6. The van der Waals surface area contributed by atoms with Crippen molar-refractivity contribution in [1.29, 1.82) is 0 Å². The molecule has 0 aromatic carbocycles. The van der Waals surface area contributed by atoms with Gasteiger partial charge in [0.2, 0.25) is 0 Å². The maximum Gasteiger partial charge on any atom is 0.106 e. The Balaban J connectivity index is 1.95. The second-order valence-electron chi connectivity index (χ2n) is 5.07. The van der Waals surface area contributed by atoms with E-state index >= 15 is 0 Å². The molecule has 0 aromatic heterocycles. The van der Waals surface area contributed by atoms with Gasteiger partial charge in [0, 0.05) is 4.32 Å². The van der Waals surface area contributed by atoms with E-state index in [2.05, 4.69) is 15.9 Å². The van der Waals surface area contributed by atoms with Gasteiger partial charge < -0.3 is 0 Å². The van der Waals surface area contributed by atoms with E-state index in [1.807, 2.05) is 0 Å². The zero-order valence-corrected chi connectivity index (χ0v) is 8.69. The Hall–Kier alpha value is 0.410. The van der Waals surface area contributed by atoms with Gasteiger partial charge in [-0.05, 0) is 49.9 Å². The predicted molar refractivity (Wildman–Crippen MR) is 50.1 cm³/mol. The lowest BCUT2D eigenvalue weighted by molar-refractivity contribution is -0.0365. The van der Waals surface area contributed by atoms with Crippen molar-refractivity contribution in [2.24, 2.45) is 17.8 Å². The van der Waals surface area contributed by atoms with Crippen LogP contribution in [0.2, 0.25) is 0 Å². The molecule has 4 fully saturated rings. The van der Waals surface area contributed by atoms with Gasteiger partial charge in [0.25, 0.3) is 0 Å². The monoisotopic (exact) mass is 232 g/mol.